The van der Waals surface area contributed by atoms with Crippen molar-refractivity contribution >= 4 is 40.6 Å². The van der Waals surface area contributed by atoms with Crippen LogP contribution in [-0.2, 0) is 36.3 Å². The van der Waals surface area contributed by atoms with E-state index in [4.69, 9.17) is 25.0 Å². The van der Waals surface area contributed by atoms with Crippen LogP contribution in [0.25, 0.3) is 11.2 Å². The molecule has 6 atom stereocenters. The number of halogens is 1. The van der Waals surface area contributed by atoms with E-state index < -0.39 is 66.0 Å². The molecule has 2 aromatic rings. The van der Waals surface area contributed by atoms with Gasteiger partial charge < -0.3 is 39.9 Å². The van der Waals surface area contributed by atoms with Gasteiger partial charge in [0.15, 0.2) is 23.5 Å². The number of anilines is 1. The normalized spacial score (nSPS) is 32.6. The van der Waals surface area contributed by atoms with Crippen LogP contribution in [0.2, 0.25) is 0 Å². The van der Waals surface area contributed by atoms with Gasteiger partial charge >= 0.3 is 23.5 Å². The Balaban J connectivity index is 1.57. The lowest BCUT2D eigenvalue weighted by Gasteiger charge is -2.32. The molecule has 0 aromatic carbocycles. The second kappa shape index (κ2) is 7.94. The van der Waals surface area contributed by atoms with Crippen LogP contribution in [0.4, 0.5) is 10.3 Å². The van der Waals surface area contributed by atoms with Gasteiger partial charge in [-0.15, -0.1) is 0 Å². The average molecular weight is 553 g/mol. The first-order valence-electron chi connectivity index (χ1n) is 8.66. The van der Waals surface area contributed by atoms with E-state index in [2.05, 4.69) is 28.1 Å². The molecule has 2 fully saturated rings. The Morgan fingerprint density at radius 3 is 2.59 bits per heavy atom. The van der Waals surface area contributed by atoms with Crippen LogP contribution in [0.5, 0.6) is 0 Å². The first kappa shape index (κ1) is 25.5. The first-order valence-corrected chi connectivity index (χ1v) is 13.2. The molecule has 34 heavy (non-hydrogen) atoms. The SMILES string of the molecule is Nc1nc2c(ncn2[C@@H]2O[C@@]3(COP(=O)(O)OP(=O)(O)OP(=O)(O)O)CO[C@]2(F)[C@@H]3O)c(=O)[nH]1. The minimum absolute atomic E-state index is 0.255. The first-order chi connectivity index (χ1) is 15.5. The molecule has 23 heteroatoms. The number of aromatic nitrogens is 4. The fraction of sp³-hybridized carbons (Fsp3) is 0.545. The number of aliphatic hydroxyl groups is 1. The number of nitrogens with two attached hydrogens (primary N) is 1. The number of phosphoric acid groups is 3. The van der Waals surface area contributed by atoms with Crippen molar-refractivity contribution in [3.63, 3.8) is 0 Å². The summed E-state index contributed by atoms with van der Waals surface area (Å²) in [6.07, 6.45) is -3.11. The monoisotopic (exact) mass is 553 g/mol. The molecule has 190 valence electrons. The molecule has 2 saturated heterocycles. The van der Waals surface area contributed by atoms with Crippen molar-refractivity contribution in [2.24, 2.45) is 0 Å². The van der Waals surface area contributed by atoms with Crippen LogP contribution in [-0.4, -0.2) is 75.0 Å². The number of alkyl halides is 1. The number of H-pyrrole nitrogens is 1. The molecule has 19 nitrogen and oxygen atoms in total. The zero-order valence-corrected chi connectivity index (χ0v) is 18.9. The van der Waals surface area contributed by atoms with Crippen molar-refractivity contribution in [2.45, 2.75) is 23.8 Å². The van der Waals surface area contributed by atoms with Gasteiger partial charge in [-0.25, -0.2) is 23.1 Å². The van der Waals surface area contributed by atoms with E-state index >= 15 is 4.39 Å². The van der Waals surface area contributed by atoms with Crippen molar-refractivity contribution in [3.8, 4) is 0 Å². The fourth-order valence-corrected chi connectivity index (χ4v) is 6.44. The lowest BCUT2D eigenvalue weighted by molar-refractivity contribution is -0.260. The average Bonchev–Trinajstić information content (AvgIpc) is 3.24. The second-order valence-electron chi connectivity index (χ2n) is 7.06. The van der Waals surface area contributed by atoms with Gasteiger partial charge in [0.05, 0.1) is 19.5 Å². The summed E-state index contributed by atoms with van der Waals surface area (Å²) in [6.45, 7) is -1.94. The molecule has 4 heterocycles. The molecule has 0 spiro atoms. The minimum Gasteiger partial charge on any atom is -0.384 e. The largest absolute Gasteiger partial charge is 0.490 e. The third kappa shape index (κ3) is 4.49. The summed E-state index contributed by atoms with van der Waals surface area (Å²) >= 11 is 0. The van der Waals surface area contributed by atoms with E-state index in [0.29, 0.717) is 0 Å². The molecular formula is C11H15FN5O14P3. The summed E-state index contributed by atoms with van der Waals surface area (Å²) in [5.74, 6) is -3.36. The third-order valence-electron chi connectivity index (χ3n) is 4.68. The number of phosphoric ester groups is 1. The minimum atomic E-state index is -5.81. The van der Waals surface area contributed by atoms with Crippen LogP contribution in [0, 0.1) is 0 Å². The Bertz CT molecular complexity index is 1340. The summed E-state index contributed by atoms with van der Waals surface area (Å²) in [4.78, 5) is 57.6. The molecule has 0 amide bonds. The second-order valence-corrected chi connectivity index (χ2v) is 11.5. The zero-order valence-electron chi connectivity index (χ0n) is 16.2. The zero-order chi connectivity index (χ0) is 25.3. The highest BCUT2D eigenvalue weighted by atomic mass is 31.3. The van der Waals surface area contributed by atoms with Gasteiger partial charge in [0.25, 0.3) is 11.4 Å². The van der Waals surface area contributed by atoms with E-state index in [9.17, 15) is 33.4 Å². The van der Waals surface area contributed by atoms with E-state index in [1.54, 1.807) is 0 Å². The van der Waals surface area contributed by atoms with E-state index in [1.807, 2.05) is 0 Å². The molecule has 0 saturated carbocycles. The van der Waals surface area contributed by atoms with Crippen LogP contribution >= 0.6 is 23.5 Å². The summed E-state index contributed by atoms with van der Waals surface area (Å²) in [5.41, 5.74) is 2.00. The van der Waals surface area contributed by atoms with Gasteiger partial charge in [0.2, 0.25) is 5.95 Å². The Morgan fingerprint density at radius 2 is 1.94 bits per heavy atom. The highest BCUT2D eigenvalue weighted by molar-refractivity contribution is 7.66. The third-order valence-corrected chi connectivity index (χ3v) is 8.47. The van der Waals surface area contributed by atoms with Crippen molar-refractivity contribution in [1.29, 1.82) is 0 Å². The number of rotatable bonds is 8. The predicted molar refractivity (Wildman–Crippen MR) is 101 cm³/mol. The van der Waals surface area contributed by atoms with Crippen LogP contribution in [0.3, 0.4) is 0 Å². The van der Waals surface area contributed by atoms with Gasteiger partial charge in [-0.2, -0.15) is 13.6 Å². The number of nitrogens with zero attached hydrogens (tertiary/aromatic N) is 3. The summed E-state index contributed by atoms with van der Waals surface area (Å²) in [6, 6.07) is 0. The lowest BCUT2D eigenvalue weighted by atomic mass is 9.99. The van der Waals surface area contributed by atoms with Crippen LogP contribution in [0.15, 0.2) is 11.1 Å². The van der Waals surface area contributed by atoms with E-state index in [-0.39, 0.29) is 17.1 Å². The van der Waals surface area contributed by atoms with Gasteiger partial charge in [0.1, 0.15) is 5.60 Å². The van der Waals surface area contributed by atoms with Crippen LogP contribution < -0.4 is 11.3 Å². The van der Waals surface area contributed by atoms with Gasteiger partial charge in [0, 0.05) is 0 Å². The maximum Gasteiger partial charge on any atom is 0.490 e. The topological polar surface area (TPSA) is 288 Å². The number of fused-ring (bicyclic) bond motifs is 3. The molecule has 2 aliphatic rings. The van der Waals surface area contributed by atoms with E-state index in [1.165, 1.54) is 0 Å². The fourth-order valence-electron chi connectivity index (χ4n) is 3.37. The summed E-state index contributed by atoms with van der Waals surface area (Å²) in [7, 11) is -17.0. The number of hydrogen-bond donors (Lipinski definition) is 7. The quantitative estimate of drug-likeness (QED) is 0.181. The van der Waals surface area contributed by atoms with E-state index in [0.717, 1.165) is 10.9 Å². The highest BCUT2D eigenvalue weighted by Crippen LogP contribution is 2.67. The van der Waals surface area contributed by atoms with Crippen molar-refractivity contribution < 1.29 is 65.4 Å². The van der Waals surface area contributed by atoms with Gasteiger partial charge in [-0.3, -0.25) is 18.9 Å². The van der Waals surface area contributed by atoms with Crippen molar-refractivity contribution in [2.75, 3.05) is 18.9 Å². The lowest BCUT2D eigenvalue weighted by Crippen LogP contribution is -2.45. The Morgan fingerprint density at radius 1 is 1.26 bits per heavy atom. The Kier molecular flexibility index (Phi) is 5.95. The van der Waals surface area contributed by atoms with Gasteiger partial charge in [-0.1, -0.05) is 0 Å². The van der Waals surface area contributed by atoms with Gasteiger partial charge in [-0.05, 0) is 0 Å². The number of ether oxygens (including phenoxy) is 2. The van der Waals surface area contributed by atoms with Crippen LogP contribution in [0.1, 0.15) is 6.23 Å². The number of nitrogen functional groups attached to an aromatic ring is 1. The molecule has 2 aromatic heterocycles. The molecule has 2 aliphatic heterocycles. The summed E-state index contributed by atoms with van der Waals surface area (Å²) < 4.78 is 72.6. The number of aliphatic hydroxyl groups excluding tert-OH is 1. The number of imidazole rings is 1. The highest BCUT2D eigenvalue weighted by Gasteiger charge is 2.73. The molecule has 8 N–H and O–H groups in total. The van der Waals surface area contributed by atoms with Crippen molar-refractivity contribution in [1.82, 2.24) is 19.5 Å². The molecule has 4 rings (SSSR count). The molecule has 0 aliphatic carbocycles. The molecule has 0 radical (unpaired) electrons. The van der Waals surface area contributed by atoms with Crippen molar-refractivity contribution in [3.05, 3.63) is 16.7 Å². The molecule has 2 bridgehead atoms. The molecular weight excluding hydrogens is 538 g/mol. The number of hydrogen-bond acceptors (Lipinski definition) is 13. The smallest absolute Gasteiger partial charge is 0.384 e. The number of aromatic amines is 1. The maximum absolute atomic E-state index is 15.6. The predicted octanol–water partition coefficient (Wildman–Crippen LogP) is -1.63. The Labute approximate surface area is 185 Å². The molecule has 2 unspecified atom stereocenters. The standard InChI is InChI=1S/C11H15FN5O14P3/c12-11-7(19)10(1-27-11,2-28-33(23,24)31-34(25,26)30-32(20,21)22)29-8(11)17-3-14-4-5(17)15-9(13)16-6(4)18/h3,7-8,19H,1-2H2,(H,23,24)(H,25,26)(H2,20,21,22)(H3,13,15,16,18)/t7-,8-,10-,11-/m1/s1. The summed E-state index contributed by atoms with van der Waals surface area (Å²) in [5, 5.41) is 10.5. The maximum atomic E-state index is 15.6. The number of nitrogens with one attached hydrogen (secondary N) is 1. The Hall–Kier alpha value is -1.63.